The molecule has 9 aromatic rings. The molecule has 9 rings (SSSR count). The van der Waals surface area contributed by atoms with Gasteiger partial charge < -0.3 is 60.3 Å². The third-order valence-corrected chi connectivity index (χ3v) is 13.5. The van der Waals surface area contributed by atoms with Crippen molar-refractivity contribution in [1.82, 2.24) is 61.8 Å². The maximum absolute atomic E-state index is 11.3. The number of para-hydroxylation sites is 6. The van der Waals surface area contributed by atoms with Crippen LogP contribution in [-0.4, -0.2) is 137 Å². The minimum absolute atomic E-state index is 0.0620. The van der Waals surface area contributed by atoms with Gasteiger partial charge in [-0.2, -0.15) is 0 Å². The van der Waals surface area contributed by atoms with E-state index in [1.807, 2.05) is 72.8 Å². The Hall–Kier alpha value is -12.5. The van der Waals surface area contributed by atoms with Gasteiger partial charge in [-0.05, 0) is 257 Å². The van der Waals surface area contributed by atoms with Gasteiger partial charge in [-0.3, -0.25) is 61.8 Å². The summed E-state index contributed by atoms with van der Waals surface area (Å²) < 4.78 is 28.4. The Morgan fingerprint density at radius 2 is 0.352 bits per heavy atom. The van der Waals surface area contributed by atoms with Gasteiger partial charge in [-0.15, -0.1) is 0 Å². The fraction of sp³-hybridized carbons (Fsp3) is 0.167. The quantitative estimate of drug-likeness (QED) is 0.0335. The summed E-state index contributed by atoms with van der Waals surface area (Å²) in [6.07, 6.45) is 17.5. The normalized spacial score (nSPS) is 9.50. The van der Waals surface area contributed by atoms with E-state index in [9.17, 15) is 28.8 Å². The van der Waals surface area contributed by atoms with Crippen molar-refractivity contribution in [2.45, 2.75) is 41.5 Å². The zero-order valence-corrected chi connectivity index (χ0v) is 64.0. The van der Waals surface area contributed by atoms with Gasteiger partial charge >= 0.3 is 36.6 Å². The van der Waals surface area contributed by atoms with E-state index in [-0.39, 0.29) is 70.3 Å². The number of hydrogen-bond acceptors (Lipinski definition) is 24. The SMILES string of the molecule is CCOC(=O)NC(=S)Nc1ccccc1NC(=S)NC(=O)OCC.CCOC(=O)NC(=S)Nc1ccccc1NC(=S)NC(=O)OCC.CCOC(=O)NC(=S)Nc1ccccc1NC(=S)NC(=O)OCC.c1cc(-c2ccncc2)ccn1.c1cc(-c2ccncc2)ccn1.c1cc(-c2ccncc2)ccn1. The predicted octanol–water partition coefficient (Wildman–Crippen LogP) is 14.1. The molecule has 0 fully saturated rings. The lowest BCUT2D eigenvalue weighted by molar-refractivity contribution is 0.157. The highest BCUT2D eigenvalue weighted by molar-refractivity contribution is 7.81. The van der Waals surface area contributed by atoms with Gasteiger partial charge in [0.05, 0.1) is 73.8 Å². The number of thiocarbonyl (C=S) groups is 6. The summed E-state index contributed by atoms with van der Waals surface area (Å²) in [4.78, 5) is 91.7. The van der Waals surface area contributed by atoms with E-state index >= 15 is 0 Å². The summed E-state index contributed by atoms with van der Waals surface area (Å²) in [7, 11) is 0. The monoisotopic (exact) mass is 1580 g/mol. The van der Waals surface area contributed by atoms with Crippen LogP contribution in [0.2, 0.25) is 0 Å². The van der Waals surface area contributed by atoms with Crippen molar-refractivity contribution in [3.63, 3.8) is 0 Å². The molecule has 0 aliphatic heterocycles. The van der Waals surface area contributed by atoms with Gasteiger partial charge in [0.15, 0.2) is 30.7 Å². The second kappa shape index (κ2) is 52.5. The number of amides is 6. The van der Waals surface area contributed by atoms with Gasteiger partial charge in [0.25, 0.3) is 0 Å². The molecule has 3 aromatic carbocycles. The number of carbonyl (C=O) groups excluding carboxylic acids is 6. The molecule has 0 radical (unpaired) electrons. The van der Waals surface area contributed by atoms with E-state index in [1.165, 1.54) is 33.4 Å². The third kappa shape index (κ3) is 37.3. The molecule has 0 saturated heterocycles. The Labute approximate surface area is 655 Å². The number of nitrogens with zero attached hydrogens (tertiary/aromatic N) is 6. The number of rotatable bonds is 15. The van der Waals surface area contributed by atoms with E-state index in [0.717, 1.165) is 0 Å². The van der Waals surface area contributed by atoms with Crippen LogP contribution >= 0.6 is 73.3 Å². The predicted molar refractivity (Wildman–Crippen MR) is 440 cm³/mol. The third-order valence-electron chi connectivity index (χ3n) is 12.3. The first-order valence-corrected chi connectivity index (χ1v) is 34.9. The number of aromatic nitrogens is 6. The van der Waals surface area contributed by atoms with Gasteiger partial charge in [-0.1, -0.05) is 36.4 Å². The molecule has 0 bridgehead atoms. The second-order valence-corrected chi connectivity index (χ2v) is 22.3. The van der Waals surface area contributed by atoms with Crippen molar-refractivity contribution in [3.05, 3.63) is 220 Å². The highest BCUT2D eigenvalue weighted by Crippen LogP contribution is 2.24. The molecule has 0 unspecified atom stereocenters. The second-order valence-electron chi connectivity index (χ2n) is 19.8. The molecule has 0 aliphatic carbocycles. The fourth-order valence-electron chi connectivity index (χ4n) is 7.85. The summed E-state index contributed by atoms with van der Waals surface area (Å²) in [5.74, 6) is 0. The van der Waals surface area contributed by atoms with Crippen molar-refractivity contribution in [3.8, 4) is 33.4 Å². The van der Waals surface area contributed by atoms with Crippen LogP contribution in [0.4, 0.5) is 62.9 Å². The number of carbonyl (C=O) groups is 6. The Bertz CT molecular complexity index is 3610. The van der Waals surface area contributed by atoms with Crippen LogP contribution in [0.5, 0.6) is 0 Å². The van der Waals surface area contributed by atoms with Gasteiger partial charge in [-0.25, -0.2) is 28.8 Å². The zero-order valence-electron chi connectivity index (χ0n) is 59.1. The van der Waals surface area contributed by atoms with Gasteiger partial charge in [0.1, 0.15) is 0 Å². The highest BCUT2D eigenvalue weighted by Gasteiger charge is 2.14. The average Bonchev–Trinajstić information content (AvgIpc) is 0.673. The van der Waals surface area contributed by atoms with Crippen LogP contribution < -0.4 is 63.8 Å². The molecule has 0 atom stereocenters. The van der Waals surface area contributed by atoms with Crippen LogP contribution in [0.1, 0.15) is 41.5 Å². The van der Waals surface area contributed by atoms with Crippen molar-refractivity contribution >= 4 is 175 Å². The van der Waals surface area contributed by atoms with Crippen molar-refractivity contribution in [2.24, 2.45) is 0 Å². The van der Waals surface area contributed by atoms with Crippen LogP contribution in [0.3, 0.4) is 0 Å². The van der Waals surface area contributed by atoms with Gasteiger partial charge in [0.2, 0.25) is 0 Å². The molecule has 30 nitrogen and oxygen atoms in total. The average molecular weight is 1580 g/mol. The molecule has 0 spiro atoms. The molecule has 6 amide bonds. The topological polar surface area (TPSA) is 379 Å². The number of anilines is 6. The number of pyridine rings is 6. The molecule has 564 valence electrons. The lowest BCUT2D eigenvalue weighted by Crippen LogP contribution is -2.36. The van der Waals surface area contributed by atoms with Crippen molar-refractivity contribution < 1.29 is 57.2 Å². The summed E-state index contributed by atoms with van der Waals surface area (Å²) in [5, 5.41) is 31.6. The lowest BCUT2D eigenvalue weighted by Gasteiger charge is -2.15. The van der Waals surface area contributed by atoms with Crippen molar-refractivity contribution in [2.75, 3.05) is 71.5 Å². The molecule has 36 heteroatoms. The number of ether oxygens (including phenoxy) is 6. The lowest BCUT2D eigenvalue weighted by atomic mass is 10.1. The first-order chi connectivity index (χ1) is 52.3. The summed E-state index contributed by atoms with van der Waals surface area (Å²) in [5.41, 5.74) is 10.3. The number of alkyl carbamates (subject to hydrolysis) is 6. The van der Waals surface area contributed by atoms with E-state index < -0.39 is 36.6 Å². The first kappa shape index (κ1) is 87.9. The molecule has 12 N–H and O–H groups in total. The highest BCUT2D eigenvalue weighted by atomic mass is 32.1. The van der Waals surface area contributed by atoms with E-state index in [0.29, 0.717) is 34.1 Å². The Balaban J connectivity index is 0.000000280. The van der Waals surface area contributed by atoms with Crippen LogP contribution in [0, 0.1) is 0 Å². The van der Waals surface area contributed by atoms with E-state index in [4.69, 9.17) is 102 Å². The van der Waals surface area contributed by atoms with E-state index in [1.54, 1.807) is 189 Å². The van der Waals surface area contributed by atoms with Crippen LogP contribution in [-0.2, 0) is 28.4 Å². The largest absolute Gasteiger partial charge is 0.450 e. The molecular weight excluding hydrogens is 1500 g/mol. The first-order valence-electron chi connectivity index (χ1n) is 32.4. The standard InChI is InChI=1S/3C14H18N4O4S2.3C10H8N2/c3*1-3-21-13(19)17-11(23)15-9-7-5-6-8-10(9)16-12(24)18-14(20)22-4-2;3*1-5-11-6-2-9(1)10-3-7-12-8-4-10/h3*5-8H,3-4H2,1-2H3,(H2,15,17,19,23)(H2,16,18,20,24);3*1-8H. The molecule has 108 heavy (non-hydrogen) atoms. The van der Waals surface area contributed by atoms with Crippen molar-refractivity contribution in [1.29, 1.82) is 0 Å². The molecule has 0 saturated carbocycles. The maximum Gasteiger partial charge on any atom is 0.413 e. The van der Waals surface area contributed by atoms with Crippen LogP contribution in [0.25, 0.3) is 33.4 Å². The fourth-order valence-corrected chi connectivity index (χ4v) is 9.01. The van der Waals surface area contributed by atoms with Crippen LogP contribution in [0.15, 0.2) is 220 Å². The Kier molecular flexibility index (Phi) is 42.7. The molecule has 6 heterocycles. The minimum Gasteiger partial charge on any atom is -0.450 e. The molecule has 6 aromatic heterocycles. The number of hydrogen-bond donors (Lipinski definition) is 12. The number of nitrogens with one attached hydrogen (secondary N) is 12. The summed E-state index contributed by atoms with van der Waals surface area (Å²) >= 11 is 30.2. The maximum atomic E-state index is 11.3. The number of benzene rings is 3. The molecular formula is C72H78N18O12S6. The Morgan fingerprint density at radius 1 is 0.231 bits per heavy atom. The molecule has 0 aliphatic rings. The summed E-state index contributed by atoms with van der Waals surface area (Å²) in [6, 6.07) is 44.7. The smallest absolute Gasteiger partial charge is 0.413 e. The summed E-state index contributed by atoms with van der Waals surface area (Å²) in [6.45, 7) is 11.5. The Morgan fingerprint density at radius 3 is 0.463 bits per heavy atom. The minimum atomic E-state index is -0.653. The van der Waals surface area contributed by atoms with E-state index in [2.05, 4.69) is 93.7 Å². The zero-order chi connectivity index (χ0) is 78.5. The van der Waals surface area contributed by atoms with Gasteiger partial charge in [0, 0.05) is 74.4 Å².